The van der Waals surface area contributed by atoms with Gasteiger partial charge in [-0.2, -0.15) is 19.9 Å². The average Bonchev–Trinajstić information content (AvgIpc) is 1.25. The third-order valence-electron chi connectivity index (χ3n) is 27.4. The molecular formula is C104H104Cl6F6N20O8S4. The van der Waals surface area contributed by atoms with Crippen molar-refractivity contribution in [2.75, 3.05) is 95.0 Å². The lowest BCUT2D eigenvalue weighted by molar-refractivity contribution is -0.131. The number of anilines is 4. The molecule has 8 N–H and O–H groups in total. The number of benzene rings is 8. The van der Waals surface area contributed by atoms with Crippen molar-refractivity contribution in [3.05, 3.63) is 255 Å². The summed E-state index contributed by atoms with van der Waals surface area (Å²) in [6.45, 7) is 34.9. The van der Waals surface area contributed by atoms with Gasteiger partial charge in [-0.05, 0) is 158 Å². The fourth-order valence-corrected chi connectivity index (χ4v) is 28.1. The minimum absolute atomic E-state index is 0.0149. The highest BCUT2D eigenvalue weighted by Crippen LogP contribution is 2.53. The number of rotatable bonds is 12. The van der Waals surface area contributed by atoms with Gasteiger partial charge in [0.2, 0.25) is 23.6 Å². The Balaban J connectivity index is 0.000000135. The standard InChI is InChI=1S/C26H25Cl2F2N5O2S.C26H26Cl2FN5O2S.C26H26ClF2N5O2S.C26H27ClFN5O2S/c1-4-21(36)35-12(2)8-33(9-13(35)3)25-16-6-18(28)22(15-5-17(27)20(30)7-19(15)29)24-23(16)34(26(37)32-25)10-14(31)11-38-24;1-4-21(35)34-13(2)9-32(10-14(34)3)25-17-8-19(28)22(15-5-6-20(29)18(27)7-15)24-23(17)33(26(36)31-25)11-16(30)12-37-24;1-4-21(35)34-13(2)9-32(10-14(34)3)25-18-8-19(27)22(17-6-5-15(28)7-20(17)29)24-23(18)33(26(36)31-25)11-16(30)12-37-24;1-4-21(34)33-14(2)10-31(11-15(33)3)25-19-9-20(27)22(16-5-7-17(28)8-6-16)24-23(19)32(26(35)30-25)12-18(29)13-36-24/h4-7,12-14H,1,8-11,31H2,2-3H3;2*4-8,13-14,16H,1,9-12,30H2,2-3H3;4-9,14-15,18H,1,10-13,29H2,2-3H3/t12-,13+,14?;2*13-,14+,16?;14-,15+,18?. The zero-order chi connectivity index (χ0) is 106. The van der Waals surface area contributed by atoms with E-state index in [1.807, 2.05) is 76.2 Å². The highest BCUT2D eigenvalue weighted by Gasteiger charge is 2.42. The van der Waals surface area contributed by atoms with Gasteiger partial charge in [-0.3, -0.25) is 37.4 Å². The Bertz CT molecular complexity index is 7700. The summed E-state index contributed by atoms with van der Waals surface area (Å²) in [5.74, 6) is -0.580. The quantitative estimate of drug-likeness (QED) is 0.0501. The summed E-state index contributed by atoms with van der Waals surface area (Å²) in [7, 11) is 0. The van der Waals surface area contributed by atoms with Gasteiger partial charge in [0.05, 0.1) is 52.2 Å². The molecule has 4 fully saturated rings. The van der Waals surface area contributed by atoms with Crippen LogP contribution in [0.2, 0.25) is 30.1 Å². The molecule has 0 spiro atoms. The molecule has 28 nitrogen and oxygen atoms in total. The molecule has 20 rings (SSSR count). The van der Waals surface area contributed by atoms with E-state index in [1.165, 1.54) is 111 Å². The monoisotopic (exact) mass is 2210 g/mol. The van der Waals surface area contributed by atoms with Crippen molar-refractivity contribution >= 4 is 207 Å². The largest absolute Gasteiger partial charge is 0.352 e. The maximum absolute atomic E-state index is 15.1. The van der Waals surface area contributed by atoms with E-state index in [0.29, 0.717) is 181 Å². The third kappa shape index (κ3) is 20.8. The number of hydrogen-bond acceptors (Lipinski definition) is 24. The molecule has 12 heterocycles. The summed E-state index contributed by atoms with van der Waals surface area (Å²) < 4.78 is 91.5. The molecule has 0 aliphatic carbocycles. The molecule has 0 saturated carbocycles. The van der Waals surface area contributed by atoms with Crippen molar-refractivity contribution in [1.29, 1.82) is 0 Å². The average molecular weight is 2220 g/mol. The number of hydrogen-bond donors (Lipinski definition) is 4. The zero-order valence-electron chi connectivity index (χ0n) is 81.5. The first-order chi connectivity index (χ1) is 70.4. The molecule has 148 heavy (non-hydrogen) atoms. The lowest BCUT2D eigenvalue weighted by atomic mass is 10.0. The summed E-state index contributed by atoms with van der Waals surface area (Å²) in [4.78, 5) is 139. The minimum atomic E-state index is -0.883. The number of amides is 4. The molecule has 8 aliphatic heterocycles. The van der Waals surface area contributed by atoms with Crippen LogP contribution in [-0.4, -0.2) is 229 Å². The number of thioether (sulfide) groups is 4. The first-order valence-electron chi connectivity index (χ1n) is 47.6. The van der Waals surface area contributed by atoms with Gasteiger partial charge in [-0.15, -0.1) is 47.0 Å². The molecule has 8 aliphatic rings. The van der Waals surface area contributed by atoms with Crippen molar-refractivity contribution in [2.24, 2.45) is 22.9 Å². The van der Waals surface area contributed by atoms with Crippen LogP contribution in [-0.2, 0) is 45.4 Å². The van der Waals surface area contributed by atoms with E-state index in [2.05, 4.69) is 51.2 Å². The van der Waals surface area contributed by atoms with Gasteiger partial charge < -0.3 is 62.1 Å². The predicted octanol–water partition coefficient (Wildman–Crippen LogP) is 17.2. The minimum Gasteiger partial charge on any atom is -0.352 e. The van der Waals surface area contributed by atoms with Gasteiger partial charge in [0.1, 0.15) is 58.2 Å². The van der Waals surface area contributed by atoms with E-state index in [0.717, 1.165) is 49.3 Å². The van der Waals surface area contributed by atoms with E-state index in [9.17, 15) is 60.3 Å². The summed E-state index contributed by atoms with van der Waals surface area (Å²) in [6.07, 6.45) is 5.25. The Morgan fingerprint density at radius 2 is 0.574 bits per heavy atom. The van der Waals surface area contributed by atoms with Crippen molar-refractivity contribution in [3.8, 4) is 44.5 Å². The third-order valence-corrected chi connectivity index (χ3v) is 34.3. The van der Waals surface area contributed by atoms with Crippen LogP contribution in [0.15, 0.2) is 186 Å². The fourth-order valence-electron chi connectivity index (χ4n) is 21.4. The summed E-state index contributed by atoms with van der Waals surface area (Å²) in [5, 5.41) is 3.83. The van der Waals surface area contributed by atoms with E-state index >= 15 is 4.39 Å². The van der Waals surface area contributed by atoms with Crippen molar-refractivity contribution in [2.45, 2.75) is 174 Å². The number of carbonyl (C=O) groups is 4. The smallest absolute Gasteiger partial charge is 0.350 e. The van der Waals surface area contributed by atoms with Gasteiger partial charge in [0.15, 0.2) is 0 Å². The number of carbonyl (C=O) groups excluding carboxylic acids is 4. The van der Waals surface area contributed by atoms with Crippen LogP contribution < -0.4 is 65.3 Å². The maximum atomic E-state index is 15.1. The maximum Gasteiger partial charge on any atom is 0.350 e. The molecular weight excluding hydrogens is 2110 g/mol. The van der Waals surface area contributed by atoms with Crippen molar-refractivity contribution < 1.29 is 45.5 Å². The molecule has 4 aromatic heterocycles. The van der Waals surface area contributed by atoms with Crippen LogP contribution in [0.5, 0.6) is 0 Å². The Morgan fingerprint density at radius 1 is 0.311 bits per heavy atom. The molecule has 4 saturated heterocycles. The first kappa shape index (κ1) is 108. The highest BCUT2D eigenvalue weighted by molar-refractivity contribution is 8.00. The SMILES string of the molecule is C=CC(=O)N1[C@H](C)CN(c2nc(=O)n3c4c(c(-c5cc(Cl)c(F)cc5F)c(Cl)cc24)SCC(N)C3)C[C@@H]1C.C=CC(=O)N1[C@H](C)CN(c2nc(=O)n3c4c(c(-c5ccc(F)c(Cl)c5)c(Cl)cc24)SCC(N)C3)C[C@@H]1C.C=CC(=O)N1[C@H](C)CN(c2nc(=O)n3c4c(c(-c5ccc(F)cc5)c(Cl)cc24)SCC(N)C3)C[C@@H]1C.C=CC(=O)N1[C@H](C)CN(c2nc(=O)n3c4c(c(-c5ccc(F)cc5F)c(Cl)cc24)SCC(N)C3)C[C@@H]1C. The molecule has 0 bridgehead atoms. The Morgan fingerprint density at radius 3 is 0.872 bits per heavy atom. The molecule has 4 unspecified atom stereocenters. The molecule has 776 valence electrons. The number of aromatic nitrogens is 8. The van der Waals surface area contributed by atoms with Crippen LogP contribution in [0, 0.1) is 34.9 Å². The Labute approximate surface area is 894 Å². The summed E-state index contributed by atoms with van der Waals surface area (Å²) in [6, 6.07) is 20.5. The highest BCUT2D eigenvalue weighted by atomic mass is 35.5. The van der Waals surface area contributed by atoms with E-state index < -0.39 is 46.2 Å². The second-order valence-electron chi connectivity index (χ2n) is 38.2. The number of nitrogens with zero attached hydrogens (tertiary/aromatic N) is 16. The lowest BCUT2D eigenvalue weighted by Gasteiger charge is -2.44. The Kier molecular flexibility index (Phi) is 32.2. The molecule has 8 aromatic carbocycles. The Hall–Kier alpha value is -11.1. The van der Waals surface area contributed by atoms with Crippen LogP contribution >= 0.6 is 117 Å². The van der Waals surface area contributed by atoms with Gasteiger partial charge >= 0.3 is 22.8 Å². The molecule has 12 aromatic rings. The molecule has 0 radical (unpaired) electrons. The second kappa shape index (κ2) is 44.1. The predicted molar refractivity (Wildman–Crippen MR) is 583 cm³/mol. The van der Waals surface area contributed by atoms with Crippen LogP contribution in [0.4, 0.5) is 49.6 Å². The van der Waals surface area contributed by atoms with Gasteiger partial charge in [0, 0.05) is 261 Å². The zero-order valence-corrected chi connectivity index (χ0v) is 89.3. The topological polar surface area (TPSA) is 338 Å². The molecule has 12 atom stereocenters. The van der Waals surface area contributed by atoms with Crippen molar-refractivity contribution in [3.63, 3.8) is 0 Å². The van der Waals surface area contributed by atoms with Crippen LogP contribution in [0.1, 0.15) is 55.4 Å². The fraction of sp³-hybridized carbons (Fsp3) is 0.346. The first-order valence-corrected chi connectivity index (χ1v) is 53.8. The van der Waals surface area contributed by atoms with Crippen molar-refractivity contribution in [1.82, 2.24) is 57.8 Å². The van der Waals surface area contributed by atoms with Gasteiger partial charge in [0.25, 0.3) is 0 Å². The summed E-state index contributed by atoms with van der Waals surface area (Å²) in [5.41, 5.74) is 29.7. The van der Waals surface area contributed by atoms with E-state index in [-0.39, 0.29) is 152 Å². The molecule has 4 amide bonds. The second-order valence-corrected chi connectivity index (χ2v) is 44.7. The van der Waals surface area contributed by atoms with Gasteiger partial charge in [-0.25, -0.2) is 45.5 Å². The number of nitrogens with two attached hydrogens (primary N) is 4. The van der Waals surface area contributed by atoms with Crippen LogP contribution in [0.25, 0.3) is 88.1 Å². The normalized spacial score (nSPS) is 21.7. The van der Waals surface area contributed by atoms with Crippen LogP contribution in [0.3, 0.4) is 0 Å². The number of piperazine rings is 4. The number of halogens is 12. The van der Waals surface area contributed by atoms with E-state index in [4.69, 9.17) is 92.5 Å². The molecule has 44 heteroatoms. The van der Waals surface area contributed by atoms with Gasteiger partial charge in [-0.1, -0.05) is 114 Å². The summed E-state index contributed by atoms with van der Waals surface area (Å²) >= 11 is 45.3. The lowest BCUT2D eigenvalue weighted by Crippen LogP contribution is -2.58. The van der Waals surface area contributed by atoms with E-state index in [1.54, 1.807) is 76.9 Å².